The number of hydrogen-bond donors (Lipinski definition) is 1. The Morgan fingerprint density at radius 3 is 2.32 bits per heavy atom. The molecule has 192 valence electrons. The zero-order valence-electron chi connectivity index (χ0n) is 20.0. The van der Waals surface area contributed by atoms with Crippen LogP contribution < -0.4 is 14.9 Å². The number of hydrogen-bond acceptors (Lipinski definition) is 8. The molecular formula is C26H21N5O7. The molecule has 0 spiro atoms. The molecule has 0 unspecified atom stereocenters. The Hall–Kier alpha value is -5.52. The van der Waals surface area contributed by atoms with Gasteiger partial charge in [-0.25, -0.2) is 5.43 Å². The Kier molecular flexibility index (Phi) is 7.72. The summed E-state index contributed by atoms with van der Waals surface area (Å²) in [6.07, 6.45) is 5.21. The zero-order chi connectivity index (χ0) is 27.1. The van der Waals surface area contributed by atoms with Crippen LogP contribution in [0.3, 0.4) is 0 Å². The van der Waals surface area contributed by atoms with Crippen molar-refractivity contribution in [2.75, 3.05) is 6.61 Å². The van der Waals surface area contributed by atoms with Crippen molar-refractivity contribution in [2.24, 2.45) is 5.10 Å². The van der Waals surface area contributed by atoms with Crippen molar-refractivity contribution < 1.29 is 24.1 Å². The summed E-state index contributed by atoms with van der Waals surface area (Å²) < 4.78 is 13.2. The van der Waals surface area contributed by atoms with Crippen LogP contribution >= 0.6 is 0 Å². The van der Waals surface area contributed by atoms with Gasteiger partial charge < -0.3 is 14.0 Å². The SMILES string of the molecule is CCOc1cc(C=NNC(=O)c2ccc(-n3cccc3)cc2)ccc1Oc1ccc([N+](=O)[O-])cc1[N+](=O)[O-]. The highest BCUT2D eigenvalue weighted by atomic mass is 16.6. The quantitative estimate of drug-likeness (QED) is 0.172. The molecule has 0 radical (unpaired) electrons. The standard InChI is InChI=1S/C26H21N5O7/c1-2-37-25-15-18(5-11-24(25)38-23-12-10-21(30(33)34)16-22(23)31(35)36)17-27-28-26(32)19-6-8-20(9-7-19)29-13-3-4-14-29/h3-17H,2H2,1H3,(H,28,32). The number of carbonyl (C=O) groups excluding carboxylic acids is 1. The van der Waals surface area contributed by atoms with Gasteiger partial charge in [0, 0.05) is 29.7 Å². The second-order valence-corrected chi connectivity index (χ2v) is 7.74. The van der Waals surface area contributed by atoms with E-state index in [1.165, 1.54) is 12.3 Å². The van der Waals surface area contributed by atoms with Crippen LogP contribution in [0.2, 0.25) is 0 Å². The number of hydrazone groups is 1. The van der Waals surface area contributed by atoms with E-state index in [0.29, 0.717) is 11.1 Å². The third-order valence-corrected chi connectivity index (χ3v) is 5.25. The van der Waals surface area contributed by atoms with Gasteiger partial charge in [-0.3, -0.25) is 25.0 Å². The summed E-state index contributed by atoms with van der Waals surface area (Å²) in [6.45, 7) is 2.02. The van der Waals surface area contributed by atoms with Crippen molar-refractivity contribution in [3.8, 4) is 22.9 Å². The van der Waals surface area contributed by atoms with Crippen LogP contribution in [0.15, 0.2) is 90.3 Å². The number of nitrogens with zero attached hydrogens (tertiary/aromatic N) is 4. The Bertz CT molecular complexity index is 1500. The van der Waals surface area contributed by atoms with E-state index in [1.807, 2.05) is 41.2 Å². The predicted octanol–water partition coefficient (Wildman–Crippen LogP) is 5.25. The summed E-state index contributed by atoms with van der Waals surface area (Å²) in [7, 11) is 0. The summed E-state index contributed by atoms with van der Waals surface area (Å²) in [5.74, 6) is -0.155. The molecule has 4 aromatic rings. The van der Waals surface area contributed by atoms with Gasteiger partial charge in [0.15, 0.2) is 11.5 Å². The Balaban J connectivity index is 1.47. The summed E-state index contributed by atoms with van der Waals surface area (Å²) >= 11 is 0. The van der Waals surface area contributed by atoms with E-state index < -0.39 is 27.1 Å². The molecule has 0 saturated heterocycles. The highest BCUT2D eigenvalue weighted by molar-refractivity contribution is 5.95. The van der Waals surface area contributed by atoms with E-state index in [0.717, 1.165) is 23.9 Å². The van der Waals surface area contributed by atoms with Gasteiger partial charge in [0.2, 0.25) is 5.75 Å². The Morgan fingerprint density at radius 1 is 0.947 bits per heavy atom. The monoisotopic (exact) mass is 515 g/mol. The molecule has 0 aliphatic rings. The molecule has 38 heavy (non-hydrogen) atoms. The van der Waals surface area contributed by atoms with Crippen molar-refractivity contribution >= 4 is 23.5 Å². The van der Waals surface area contributed by atoms with E-state index in [2.05, 4.69) is 10.5 Å². The molecule has 0 atom stereocenters. The fraction of sp³-hybridized carbons (Fsp3) is 0.0769. The molecule has 1 aromatic heterocycles. The molecule has 0 bridgehead atoms. The Morgan fingerprint density at radius 2 is 1.66 bits per heavy atom. The fourth-order valence-corrected chi connectivity index (χ4v) is 3.45. The van der Waals surface area contributed by atoms with E-state index in [-0.39, 0.29) is 23.9 Å². The van der Waals surface area contributed by atoms with Crippen molar-refractivity contribution in [2.45, 2.75) is 6.92 Å². The minimum absolute atomic E-state index is 0.160. The predicted molar refractivity (Wildman–Crippen MR) is 138 cm³/mol. The van der Waals surface area contributed by atoms with E-state index in [4.69, 9.17) is 9.47 Å². The van der Waals surface area contributed by atoms with Crippen LogP contribution in [-0.4, -0.2) is 33.1 Å². The first-order valence-corrected chi connectivity index (χ1v) is 11.3. The average molecular weight is 515 g/mol. The normalized spacial score (nSPS) is 10.8. The smallest absolute Gasteiger partial charge is 0.318 e. The number of nitro benzene ring substituents is 2. The number of aromatic nitrogens is 1. The minimum atomic E-state index is -0.763. The number of carbonyl (C=O) groups is 1. The maximum Gasteiger partial charge on any atom is 0.318 e. The summed E-state index contributed by atoms with van der Waals surface area (Å²) in [5.41, 5.74) is 3.38. The Labute approximate surface area is 216 Å². The topological polar surface area (TPSA) is 151 Å². The van der Waals surface area contributed by atoms with Gasteiger partial charge in [-0.05, 0) is 73.2 Å². The summed E-state index contributed by atoms with van der Waals surface area (Å²) in [6, 6.07) is 18.6. The number of rotatable bonds is 10. The second-order valence-electron chi connectivity index (χ2n) is 7.74. The lowest BCUT2D eigenvalue weighted by molar-refractivity contribution is -0.394. The number of ether oxygens (including phenoxy) is 2. The highest BCUT2D eigenvalue weighted by Gasteiger charge is 2.22. The minimum Gasteiger partial charge on any atom is -0.490 e. The summed E-state index contributed by atoms with van der Waals surface area (Å²) in [4.78, 5) is 33.3. The van der Waals surface area contributed by atoms with E-state index >= 15 is 0 Å². The van der Waals surface area contributed by atoms with Gasteiger partial charge in [-0.2, -0.15) is 5.10 Å². The van der Waals surface area contributed by atoms with Crippen molar-refractivity contribution in [3.05, 3.63) is 117 Å². The largest absolute Gasteiger partial charge is 0.490 e. The molecule has 4 rings (SSSR count). The molecule has 0 aliphatic carbocycles. The van der Waals surface area contributed by atoms with Crippen LogP contribution in [0.5, 0.6) is 17.2 Å². The van der Waals surface area contributed by atoms with Crippen molar-refractivity contribution in [1.82, 2.24) is 9.99 Å². The first-order valence-electron chi connectivity index (χ1n) is 11.3. The van der Waals surface area contributed by atoms with Gasteiger partial charge in [0.1, 0.15) is 0 Å². The van der Waals surface area contributed by atoms with Crippen LogP contribution in [0.4, 0.5) is 11.4 Å². The third-order valence-electron chi connectivity index (χ3n) is 5.25. The van der Waals surface area contributed by atoms with Crippen molar-refractivity contribution in [1.29, 1.82) is 0 Å². The van der Waals surface area contributed by atoms with E-state index in [9.17, 15) is 25.0 Å². The van der Waals surface area contributed by atoms with Crippen LogP contribution in [0.1, 0.15) is 22.8 Å². The van der Waals surface area contributed by atoms with Gasteiger partial charge in [0.05, 0.1) is 28.7 Å². The first kappa shape index (κ1) is 25.6. The summed E-state index contributed by atoms with van der Waals surface area (Å²) in [5, 5.41) is 26.4. The van der Waals surface area contributed by atoms with Gasteiger partial charge in [0.25, 0.3) is 11.6 Å². The molecule has 12 heteroatoms. The maximum atomic E-state index is 12.4. The fourth-order valence-electron chi connectivity index (χ4n) is 3.45. The molecule has 3 aromatic carbocycles. The molecule has 1 amide bonds. The molecule has 1 N–H and O–H groups in total. The highest BCUT2D eigenvalue weighted by Crippen LogP contribution is 2.38. The van der Waals surface area contributed by atoms with Crippen LogP contribution in [0, 0.1) is 20.2 Å². The zero-order valence-corrected chi connectivity index (χ0v) is 20.0. The molecular weight excluding hydrogens is 494 g/mol. The number of nitro groups is 2. The number of non-ortho nitro benzene ring substituents is 1. The molecule has 0 saturated carbocycles. The molecule has 12 nitrogen and oxygen atoms in total. The van der Waals surface area contributed by atoms with Crippen LogP contribution in [-0.2, 0) is 0 Å². The lowest BCUT2D eigenvalue weighted by Gasteiger charge is -2.12. The molecule has 0 fully saturated rings. The lowest BCUT2D eigenvalue weighted by Crippen LogP contribution is -2.17. The van der Waals surface area contributed by atoms with Gasteiger partial charge in [-0.15, -0.1) is 0 Å². The lowest BCUT2D eigenvalue weighted by atomic mass is 10.2. The number of nitrogens with one attached hydrogen (secondary N) is 1. The first-order chi connectivity index (χ1) is 18.4. The molecule has 0 aliphatic heterocycles. The molecule has 1 heterocycles. The van der Waals surface area contributed by atoms with Gasteiger partial charge >= 0.3 is 5.69 Å². The average Bonchev–Trinajstić information content (AvgIpc) is 3.45. The second kappa shape index (κ2) is 11.5. The third kappa shape index (κ3) is 5.99. The number of benzene rings is 3. The van der Waals surface area contributed by atoms with Crippen molar-refractivity contribution in [3.63, 3.8) is 0 Å². The van der Waals surface area contributed by atoms with Crippen LogP contribution in [0.25, 0.3) is 5.69 Å². The number of amides is 1. The maximum absolute atomic E-state index is 12.4. The van der Waals surface area contributed by atoms with E-state index in [1.54, 1.807) is 31.2 Å². The van der Waals surface area contributed by atoms with Gasteiger partial charge in [-0.1, -0.05) is 0 Å².